The lowest BCUT2D eigenvalue weighted by Gasteiger charge is -2.14. The lowest BCUT2D eigenvalue weighted by atomic mass is 10.1. The van der Waals surface area contributed by atoms with Gasteiger partial charge < -0.3 is 5.32 Å². The molecule has 1 N–H and O–H groups in total. The van der Waals surface area contributed by atoms with E-state index in [2.05, 4.69) is 73.8 Å². The van der Waals surface area contributed by atoms with Crippen LogP contribution in [-0.2, 0) is 13.0 Å². The van der Waals surface area contributed by atoms with Crippen LogP contribution in [0.4, 0.5) is 0 Å². The van der Waals surface area contributed by atoms with Crippen molar-refractivity contribution in [1.82, 2.24) is 5.32 Å². The molecular weight excluding hydrogens is 230 g/mol. The minimum Gasteiger partial charge on any atom is -0.310 e. The van der Waals surface area contributed by atoms with Crippen LogP contribution in [0, 0.1) is 6.92 Å². The van der Waals surface area contributed by atoms with Crippen LogP contribution in [0.1, 0.15) is 30.0 Å². The summed E-state index contributed by atoms with van der Waals surface area (Å²) in [5.74, 6) is 0. The van der Waals surface area contributed by atoms with E-state index in [1.807, 2.05) is 0 Å². The number of aryl methyl sites for hydroxylation is 2. The zero-order chi connectivity index (χ0) is 13.5. The molecule has 0 aromatic heterocycles. The Morgan fingerprint density at radius 3 is 2.42 bits per heavy atom. The summed E-state index contributed by atoms with van der Waals surface area (Å²) in [5, 5.41) is 3.60. The van der Waals surface area contributed by atoms with Crippen molar-refractivity contribution in [2.75, 3.05) is 0 Å². The highest BCUT2D eigenvalue weighted by atomic mass is 14.9. The van der Waals surface area contributed by atoms with E-state index in [0.29, 0.717) is 6.04 Å². The highest BCUT2D eigenvalue weighted by Crippen LogP contribution is 2.07. The highest BCUT2D eigenvalue weighted by molar-refractivity contribution is 5.22. The number of hydrogen-bond donors (Lipinski definition) is 1. The van der Waals surface area contributed by atoms with Gasteiger partial charge in [0.1, 0.15) is 0 Å². The van der Waals surface area contributed by atoms with E-state index in [1.165, 1.54) is 23.1 Å². The molecule has 0 saturated carbocycles. The number of rotatable bonds is 6. The van der Waals surface area contributed by atoms with Crippen LogP contribution in [0.15, 0.2) is 54.6 Å². The molecule has 0 radical (unpaired) electrons. The van der Waals surface area contributed by atoms with Gasteiger partial charge in [0.05, 0.1) is 0 Å². The van der Waals surface area contributed by atoms with Crippen LogP contribution < -0.4 is 5.32 Å². The highest BCUT2D eigenvalue weighted by Gasteiger charge is 2.02. The second-order valence-electron chi connectivity index (χ2n) is 5.30. The lowest BCUT2D eigenvalue weighted by Crippen LogP contribution is -2.25. The first-order chi connectivity index (χ1) is 9.24. The summed E-state index contributed by atoms with van der Waals surface area (Å²) in [7, 11) is 0. The molecule has 2 aromatic rings. The van der Waals surface area contributed by atoms with Crippen LogP contribution in [-0.4, -0.2) is 6.04 Å². The molecule has 0 bridgehead atoms. The van der Waals surface area contributed by atoms with Gasteiger partial charge in [-0.1, -0.05) is 60.2 Å². The molecule has 0 heterocycles. The van der Waals surface area contributed by atoms with Gasteiger partial charge in [0.2, 0.25) is 0 Å². The van der Waals surface area contributed by atoms with Crippen LogP contribution in [0.3, 0.4) is 0 Å². The van der Waals surface area contributed by atoms with Gasteiger partial charge in [0.15, 0.2) is 0 Å². The van der Waals surface area contributed by atoms with Crippen molar-refractivity contribution in [2.24, 2.45) is 0 Å². The summed E-state index contributed by atoms with van der Waals surface area (Å²) in [4.78, 5) is 0. The molecule has 0 aliphatic heterocycles. The molecule has 0 spiro atoms. The van der Waals surface area contributed by atoms with Crippen molar-refractivity contribution in [1.29, 1.82) is 0 Å². The summed E-state index contributed by atoms with van der Waals surface area (Å²) in [6.07, 6.45) is 2.32. The Labute approximate surface area is 116 Å². The second kappa shape index (κ2) is 7.10. The molecule has 0 amide bonds. The maximum absolute atomic E-state index is 3.60. The van der Waals surface area contributed by atoms with Gasteiger partial charge in [-0.3, -0.25) is 0 Å². The predicted molar refractivity (Wildman–Crippen MR) is 82.2 cm³/mol. The lowest BCUT2D eigenvalue weighted by molar-refractivity contribution is 0.514. The van der Waals surface area contributed by atoms with Gasteiger partial charge in [0, 0.05) is 12.6 Å². The molecule has 0 fully saturated rings. The largest absolute Gasteiger partial charge is 0.310 e. The second-order valence-corrected chi connectivity index (χ2v) is 5.30. The number of hydrogen-bond acceptors (Lipinski definition) is 1. The van der Waals surface area contributed by atoms with E-state index in [0.717, 1.165) is 13.0 Å². The zero-order valence-electron chi connectivity index (χ0n) is 11.9. The third kappa shape index (κ3) is 4.88. The van der Waals surface area contributed by atoms with Crippen molar-refractivity contribution in [2.45, 2.75) is 39.3 Å². The van der Waals surface area contributed by atoms with Crippen LogP contribution in [0.2, 0.25) is 0 Å². The Hall–Kier alpha value is -1.60. The first-order valence-electron chi connectivity index (χ1n) is 7.07. The minimum absolute atomic E-state index is 0.542. The van der Waals surface area contributed by atoms with Crippen LogP contribution in [0.5, 0.6) is 0 Å². The first-order valence-corrected chi connectivity index (χ1v) is 7.07. The molecule has 0 saturated heterocycles. The van der Waals surface area contributed by atoms with E-state index in [1.54, 1.807) is 0 Å². The van der Waals surface area contributed by atoms with Gasteiger partial charge in [-0.2, -0.15) is 0 Å². The first kappa shape index (κ1) is 13.8. The molecule has 1 atom stereocenters. The van der Waals surface area contributed by atoms with Crippen molar-refractivity contribution in [3.8, 4) is 0 Å². The molecule has 2 rings (SSSR count). The van der Waals surface area contributed by atoms with Gasteiger partial charge >= 0.3 is 0 Å². The summed E-state index contributed by atoms with van der Waals surface area (Å²) in [6.45, 7) is 5.36. The van der Waals surface area contributed by atoms with E-state index < -0.39 is 0 Å². The van der Waals surface area contributed by atoms with Crippen molar-refractivity contribution in [3.63, 3.8) is 0 Å². The van der Waals surface area contributed by atoms with E-state index in [-0.39, 0.29) is 0 Å². The maximum Gasteiger partial charge on any atom is 0.0208 e. The number of nitrogens with one attached hydrogen (secondary N) is 1. The van der Waals surface area contributed by atoms with Crippen molar-refractivity contribution < 1.29 is 0 Å². The standard InChI is InChI=1S/C18H23N/c1-15-7-6-10-18(13-15)14-19-16(2)11-12-17-8-4-3-5-9-17/h3-10,13,16,19H,11-12,14H2,1-2H3. The van der Waals surface area contributed by atoms with E-state index in [4.69, 9.17) is 0 Å². The summed E-state index contributed by atoms with van der Waals surface area (Å²) in [5.41, 5.74) is 4.12. The predicted octanol–water partition coefficient (Wildman–Crippen LogP) is 4.11. The monoisotopic (exact) mass is 253 g/mol. The summed E-state index contributed by atoms with van der Waals surface area (Å²) < 4.78 is 0. The van der Waals surface area contributed by atoms with Gasteiger partial charge in [-0.15, -0.1) is 0 Å². The topological polar surface area (TPSA) is 12.0 Å². The van der Waals surface area contributed by atoms with Crippen molar-refractivity contribution >= 4 is 0 Å². The Morgan fingerprint density at radius 2 is 1.68 bits per heavy atom. The van der Waals surface area contributed by atoms with Gasteiger partial charge in [-0.25, -0.2) is 0 Å². The Morgan fingerprint density at radius 1 is 0.947 bits per heavy atom. The smallest absolute Gasteiger partial charge is 0.0208 e. The van der Waals surface area contributed by atoms with Crippen molar-refractivity contribution in [3.05, 3.63) is 71.3 Å². The SMILES string of the molecule is Cc1cccc(CNC(C)CCc2ccccc2)c1. The summed E-state index contributed by atoms with van der Waals surface area (Å²) >= 11 is 0. The fraction of sp³-hybridized carbons (Fsp3) is 0.333. The molecule has 2 aromatic carbocycles. The fourth-order valence-electron chi connectivity index (χ4n) is 2.24. The van der Waals surface area contributed by atoms with Gasteiger partial charge in [0.25, 0.3) is 0 Å². The molecule has 0 aliphatic rings. The molecule has 100 valence electrons. The molecule has 19 heavy (non-hydrogen) atoms. The quantitative estimate of drug-likeness (QED) is 0.817. The maximum atomic E-state index is 3.60. The van der Waals surface area contributed by atoms with E-state index in [9.17, 15) is 0 Å². The molecular formula is C18H23N. The average Bonchev–Trinajstić information content (AvgIpc) is 2.44. The molecule has 1 heteroatoms. The normalized spacial score (nSPS) is 12.3. The molecule has 1 unspecified atom stereocenters. The Bertz CT molecular complexity index is 490. The average molecular weight is 253 g/mol. The minimum atomic E-state index is 0.542. The van der Waals surface area contributed by atoms with Crippen LogP contribution >= 0.6 is 0 Å². The third-order valence-electron chi connectivity index (χ3n) is 3.45. The fourth-order valence-corrected chi connectivity index (χ4v) is 2.24. The zero-order valence-corrected chi connectivity index (χ0v) is 11.9. The summed E-state index contributed by atoms with van der Waals surface area (Å²) in [6, 6.07) is 19.9. The van der Waals surface area contributed by atoms with E-state index >= 15 is 0 Å². The van der Waals surface area contributed by atoms with Gasteiger partial charge in [-0.05, 0) is 37.8 Å². The third-order valence-corrected chi connectivity index (χ3v) is 3.45. The Balaban J connectivity index is 1.74. The Kier molecular flexibility index (Phi) is 5.17. The molecule has 0 aliphatic carbocycles. The molecule has 1 nitrogen and oxygen atoms in total. The van der Waals surface area contributed by atoms with Crippen LogP contribution in [0.25, 0.3) is 0 Å². The number of benzene rings is 2.